The first kappa shape index (κ1) is 19.6. The van der Waals surface area contributed by atoms with E-state index in [0.29, 0.717) is 6.42 Å². The van der Waals surface area contributed by atoms with Crippen LogP contribution in [0.1, 0.15) is 18.9 Å². The molecule has 142 valence electrons. The Morgan fingerprint density at radius 1 is 1.07 bits per heavy atom. The summed E-state index contributed by atoms with van der Waals surface area (Å²) in [5.74, 6) is -0.0464. The number of nitrogens with one attached hydrogen (secondary N) is 1. The first-order valence-electron chi connectivity index (χ1n) is 9.23. The highest BCUT2D eigenvalue weighted by molar-refractivity contribution is 9.10. The molecule has 1 aliphatic heterocycles. The maximum Gasteiger partial charge on any atom is 0.241 e. The van der Waals surface area contributed by atoms with Crippen LogP contribution in [-0.2, 0) is 4.79 Å². The average molecular weight is 429 g/mol. The number of hydrogen-bond acceptors (Lipinski definition) is 4. The third-order valence-electron chi connectivity index (χ3n) is 4.74. The molecule has 0 aliphatic carbocycles. The zero-order valence-electron chi connectivity index (χ0n) is 15.6. The lowest BCUT2D eigenvalue weighted by Gasteiger charge is -2.36. The molecule has 1 aliphatic rings. The number of amides is 1. The van der Waals surface area contributed by atoms with Crippen LogP contribution in [0.15, 0.2) is 64.2 Å². The van der Waals surface area contributed by atoms with E-state index in [1.165, 1.54) is 5.69 Å². The number of piperazine rings is 1. The summed E-state index contributed by atoms with van der Waals surface area (Å²) in [5, 5.41) is 4.22. The Morgan fingerprint density at radius 2 is 1.81 bits per heavy atom. The Bertz CT molecular complexity index is 786. The lowest BCUT2D eigenvalue weighted by molar-refractivity contribution is -0.121. The van der Waals surface area contributed by atoms with E-state index >= 15 is 0 Å². The summed E-state index contributed by atoms with van der Waals surface area (Å²) in [7, 11) is 0. The first-order valence-corrected chi connectivity index (χ1v) is 10.0. The summed E-state index contributed by atoms with van der Waals surface area (Å²) < 4.78 is 0.996. The predicted octanol–water partition coefficient (Wildman–Crippen LogP) is 3.50. The van der Waals surface area contributed by atoms with Crippen molar-refractivity contribution in [3.05, 3.63) is 64.6 Å². The number of para-hydroxylation sites is 1. The van der Waals surface area contributed by atoms with E-state index in [9.17, 15) is 4.79 Å². The highest BCUT2D eigenvalue weighted by Crippen LogP contribution is 2.15. The molecule has 2 aromatic rings. The minimum absolute atomic E-state index is 0.0464. The Hall–Kier alpha value is -2.18. The summed E-state index contributed by atoms with van der Waals surface area (Å²) in [6.45, 7) is 6.59. The first-order chi connectivity index (χ1) is 13.1. The van der Waals surface area contributed by atoms with Crippen LogP contribution in [0.3, 0.4) is 0 Å². The fraction of sp³-hybridized carbons (Fsp3) is 0.333. The van der Waals surface area contributed by atoms with Gasteiger partial charge >= 0.3 is 0 Å². The molecule has 5 nitrogen and oxygen atoms in total. The lowest BCUT2D eigenvalue weighted by atomic mass is 10.1. The Kier molecular flexibility index (Phi) is 7.01. The van der Waals surface area contributed by atoms with E-state index in [2.05, 4.69) is 60.5 Å². The number of nitrogens with zero attached hydrogens (tertiary/aromatic N) is 3. The molecule has 0 aromatic heterocycles. The van der Waals surface area contributed by atoms with E-state index in [-0.39, 0.29) is 5.91 Å². The van der Waals surface area contributed by atoms with Crippen LogP contribution in [0.4, 0.5) is 5.69 Å². The minimum Gasteiger partial charge on any atom is -0.369 e. The number of halogens is 1. The molecule has 0 bridgehead atoms. The van der Waals surface area contributed by atoms with Crippen molar-refractivity contribution in [3.8, 4) is 0 Å². The molecule has 0 atom stereocenters. The maximum absolute atomic E-state index is 12.1. The fourth-order valence-electron chi connectivity index (χ4n) is 3.11. The minimum atomic E-state index is -0.0464. The predicted molar refractivity (Wildman–Crippen MR) is 114 cm³/mol. The molecular formula is C21H25BrN4O. The Balaban J connectivity index is 1.40. The molecule has 27 heavy (non-hydrogen) atoms. The van der Waals surface area contributed by atoms with Crippen LogP contribution in [0, 0.1) is 0 Å². The van der Waals surface area contributed by atoms with Gasteiger partial charge in [-0.15, -0.1) is 0 Å². The quantitative estimate of drug-likeness (QED) is 0.565. The van der Waals surface area contributed by atoms with Crippen LogP contribution in [0.5, 0.6) is 0 Å². The number of rotatable bonds is 6. The van der Waals surface area contributed by atoms with Crippen LogP contribution < -0.4 is 10.3 Å². The Morgan fingerprint density at radius 3 is 2.52 bits per heavy atom. The third kappa shape index (κ3) is 5.91. The van der Waals surface area contributed by atoms with Gasteiger partial charge in [0.1, 0.15) is 0 Å². The summed E-state index contributed by atoms with van der Waals surface area (Å²) in [5.41, 5.74) is 5.72. The van der Waals surface area contributed by atoms with Gasteiger partial charge in [-0.25, -0.2) is 5.43 Å². The molecule has 2 aromatic carbocycles. The van der Waals surface area contributed by atoms with Gasteiger partial charge in [-0.2, -0.15) is 5.10 Å². The van der Waals surface area contributed by atoms with Gasteiger partial charge in [0.2, 0.25) is 5.91 Å². The molecule has 1 fully saturated rings. The average Bonchev–Trinajstić information content (AvgIpc) is 2.71. The number of hydrogen-bond donors (Lipinski definition) is 1. The number of benzene rings is 2. The molecule has 1 N–H and O–H groups in total. The number of anilines is 1. The van der Waals surface area contributed by atoms with Crippen molar-refractivity contribution in [1.29, 1.82) is 0 Å². The highest BCUT2D eigenvalue weighted by atomic mass is 79.9. The second kappa shape index (κ2) is 9.67. The highest BCUT2D eigenvalue weighted by Gasteiger charge is 2.17. The van der Waals surface area contributed by atoms with Crippen molar-refractivity contribution < 1.29 is 4.79 Å². The van der Waals surface area contributed by atoms with E-state index < -0.39 is 0 Å². The van der Waals surface area contributed by atoms with Gasteiger partial charge in [-0.1, -0.05) is 46.3 Å². The van der Waals surface area contributed by atoms with E-state index in [1.807, 2.05) is 37.3 Å². The topological polar surface area (TPSA) is 47.9 Å². The second-order valence-corrected chi connectivity index (χ2v) is 7.57. The summed E-state index contributed by atoms with van der Waals surface area (Å²) >= 11 is 3.45. The van der Waals surface area contributed by atoms with Crippen molar-refractivity contribution in [1.82, 2.24) is 10.3 Å². The smallest absolute Gasteiger partial charge is 0.241 e. The van der Waals surface area contributed by atoms with Gasteiger partial charge < -0.3 is 4.90 Å². The van der Waals surface area contributed by atoms with Crippen molar-refractivity contribution in [3.63, 3.8) is 0 Å². The summed E-state index contributed by atoms with van der Waals surface area (Å²) in [6, 6.07) is 18.4. The second-order valence-electron chi connectivity index (χ2n) is 6.66. The van der Waals surface area contributed by atoms with Crippen LogP contribution in [-0.4, -0.2) is 49.2 Å². The molecule has 1 amide bonds. The van der Waals surface area contributed by atoms with Crippen molar-refractivity contribution in [2.45, 2.75) is 13.3 Å². The standard InChI is InChI=1S/C21H25BrN4O/c1-17(18-6-5-7-19(22)16-18)23-24-21(27)10-11-25-12-14-26(15-13-25)20-8-3-2-4-9-20/h2-9,16H,10-15H2,1H3,(H,24,27)/b23-17+. The molecule has 0 radical (unpaired) electrons. The lowest BCUT2D eigenvalue weighted by Crippen LogP contribution is -2.47. The molecule has 6 heteroatoms. The van der Waals surface area contributed by atoms with Gasteiger partial charge in [0, 0.05) is 49.3 Å². The molecule has 0 unspecified atom stereocenters. The van der Waals surface area contributed by atoms with Crippen molar-refractivity contribution in [2.75, 3.05) is 37.6 Å². The van der Waals surface area contributed by atoms with Gasteiger partial charge in [0.05, 0.1) is 5.71 Å². The van der Waals surface area contributed by atoms with Gasteiger partial charge in [0.25, 0.3) is 0 Å². The molecule has 1 heterocycles. The van der Waals surface area contributed by atoms with Gasteiger partial charge in [-0.05, 0) is 36.8 Å². The zero-order valence-corrected chi connectivity index (χ0v) is 17.2. The van der Waals surface area contributed by atoms with Gasteiger partial charge in [-0.3, -0.25) is 9.69 Å². The molecule has 1 saturated heterocycles. The zero-order chi connectivity index (χ0) is 19.1. The summed E-state index contributed by atoms with van der Waals surface area (Å²) in [4.78, 5) is 16.8. The largest absolute Gasteiger partial charge is 0.369 e. The number of hydrazone groups is 1. The van der Waals surface area contributed by atoms with Gasteiger partial charge in [0.15, 0.2) is 0 Å². The van der Waals surface area contributed by atoms with Crippen LogP contribution in [0.25, 0.3) is 0 Å². The van der Waals surface area contributed by atoms with Crippen molar-refractivity contribution in [2.24, 2.45) is 5.10 Å². The van der Waals surface area contributed by atoms with Crippen molar-refractivity contribution >= 4 is 33.2 Å². The Labute approximate surface area is 169 Å². The van der Waals surface area contributed by atoms with E-state index in [1.54, 1.807) is 0 Å². The van der Waals surface area contributed by atoms with E-state index in [4.69, 9.17) is 0 Å². The molecule has 0 spiro atoms. The van der Waals surface area contributed by atoms with Crippen LogP contribution >= 0.6 is 15.9 Å². The molecule has 0 saturated carbocycles. The third-order valence-corrected chi connectivity index (χ3v) is 5.23. The van der Waals surface area contributed by atoms with Crippen LogP contribution in [0.2, 0.25) is 0 Å². The van der Waals surface area contributed by atoms with E-state index in [0.717, 1.165) is 48.5 Å². The summed E-state index contributed by atoms with van der Waals surface area (Å²) in [6.07, 6.45) is 0.459. The normalized spacial score (nSPS) is 15.6. The SMILES string of the molecule is C/C(=N\NC(=O)CCN1CCN(c2ccccc2)CC1)c1cccc(Br)c1. The number of carbonyl (C=O) groups excluding carboxylic acids is 1. The monoisotopic (exact) mass is 428 g/mol. The molecular weight excluding hydrogens is 404 g/mol. The number of carbonyl (C=O) groups is 1. The maximum atomic E-state index is 12.1. The molecule has 3 rings (SSSR count). The fourth-order valence-corrected chi connectivity index (χ4v) is 3.51.